The van der Waals surface area contributed by atoms with Crippen LogP contribution in [0.4, 0.5) is 0 Å². The monoisotopic (exact) mass is 228 g/mol. The molecule has 1 unspecified atom stereocenters. The molecule has 0 aliphatic carbocycles. The Morgan fingerprint density at radius 3 is 2.50 bits per heavy atom. The van der Waals surface area contributed by atoms with E-state index >= 15 is 0 Å². The van der Waals surface area contributed by atoms with Crippen molar-refractivity contribution < 1.29 is 9.53 Å². The molecule has 1 saturated heterocycles. The lowest BCUT2D eigenvalue weighted by molar-refractivity contribution is -0.141. The van der Waals surface area contributed by atoms with Crippen LogP contribution in [-0.4, -0.2) is 30.2 Å². The number of amides is 1. The van der Waals surface area contributed by atoms with Gasteiger partial charge in [0.25, 0.3) is 5.91 Å². The second kappa shape index (κ2) is 5.15. The Balaban J connectivity index is 2.68. The summed E-state index contributed by atoms with van der Waals surface area (Å²) in [6, 6.07) is 0. The first kappa shape index (κ1) is 13.5. The molecule has 1 heterocycles. The van der Waals surface area contributed by atoms with Crippen molar-refractivity contribution in [3.8, 4) is 0 Å². The summed E-state index contributed by atoms with van der Waals surface area (Å²) in [5, 5.41) is 3.07. The van der Waals surface area contributed by atoms with Gasteiger partial charge in [0.15, 0.2) is 0 Å². The molecule has 1 aliphatic rings. The van der Waals surface area contributed by atoms with E-state index in [2.05, 4.69) is 19.2 Å². The molecule has 4 heteroatoms. The van der Waals surface area contributed by atoms with Crippen LogP contribution in [0.3, 0.4) is 0 Å². The van der Waals surface area contributed by atoms with Crippen molar-refractivity contribution >= 4 is 5.91 Å². The number of rotatable bonds is 5. The third kappa shape index (κ3) is 2.55. The van der Waals surface area contributed by atoms with Crippen LogP contribution in [0.2, 0.25) is 0 Å². The number of hydrogen-bond acceptors (Lipinski definition) is 3. The minimum Gasteiger partial charge on any atom is -0.365 e. The van der Waals surface area contributed by atoms with Crippen LogP contribution in [-0.2, 0) is 9.53 Å². The summed E-state index contributed by atoms with van der Waals surface area (Å²) < 4.78 is 5.53. The van der Waals surface area contributed by atoms with Gasteiger partial charge in [0.2, 0.25) is 0 Å². The van der Waals surface area contributed by atoms with Gasteiger partial charge >= 0.3 is 0 Å². The number of ether oxygens (including phenoxy) is 1. The van der Waals surface area contributed by atoms with E-state index in [1.165, 1.54) is 0 Å². The van der Waals surface area contributed by atoms with E-state index in [0.717, 1.165) is 25.7 Å². The quantitative estimate of drug-likeness (QED) is 0.743. The molecule has 0 aromatic heterocycles. The summed E-state index contributed by atoms with van der Waals surface area (Å²) in [5.41, 5.74) is 4.84. The fraction of sp³-hybridized carbons (Fsp3) is 0.917. The van der Waals surface area contributed by atoms with E-state index in [4.69, 9.17) is 10.5 Å². The van der Waals surface area contributed by atoms with Crippen LogP contribution >= 0.6 is 0 Å². The smallest absolute Gasteiger partial charge is 0.252 e. The number of nitrogens with two attached hydrogens (primary N) is 1. The minimum atomic E-state index is -0.648. The maximum absolute atomic E-state index is 12.2. The molecule has 0 saturated carbocycles. The third-order valence-electron chi connectivity index (χ3n) is 3.82. The second-order valence-corrected chi connectivity index (χ2v) is 4.83. The van der Waals surface area contributed by atoms with Gasteiger partial charge in [-0.3, -0.25) is 4.79 Å². The highest BCUT2D eigenvalue weighted by atomic mass is 16.5. The molecule has 0 aromatic rings. The van der Waals surface area contributed by atoms with Gasteiger partial charge in [-0.05, 0) is 32.6 Å². The molecule has 0 bridgehead atoms. The molecular weight excluding hydrogens is 204 g/mol. The van der Waals surface area contributed by atoms with E-state index in [9.17, 15) is 4.79 Å². The lowest BCUT2D eigenvalue weighted by Crippen LogP contribution is -2.58. The van der Waals surface area contributed by atoms with Gasteiger partial charge < -0.3 is 15.8 Å². The normalized spacial score (nSPS) is 25.8. The highest BCUT2D eigenvalue weighted by Crippen LogP contribution is 2.26. The molecule has 16 heavy (non-hydrogen) atoms. The highest BCUT2D eigenvalue weighted by Gasteiger charge is 2.40. The van der Waals surface area contributed by atoms with Crippen molar-refractivity contribution in [1.29, 1.82) is 0 Å². The molecule has 1 rings (SSSR count). The Bertz CT molecular complexity index is 235. The summed E-state index contributed by atoms with van der Waals surface area (Å²) in [7, 11) is 0. The average Bonchev–Trinajstić information content (AvgIpc) is 2.74. The molecule has 1 amide bonds. The van der Waals surface area contributed by atoms with E-state index < -0.39 is 5.60 Å². The zero-order valence-electron chi connectivity index (χ0n) is 10.6. The molecule has 0 aromatic carbocycles. The maximum Gasteiger partial charge on any atom is 0.252 e. The Labute approximate surface area is 97.9 Å². The molecular formula is C12H24N2O2. The van der Waals surface area contributed by atoms with E-state index in [-0.39, 0.29) is 11.4 Å². The molecule has 0 radical (unpaired) electrons. The summed E-state index contributed by atoms with van der Waals surface area (Å²) in [6.07, 6.45) is 3.45. The number of carbonyl (C=O) groups is 1. The minimum absolute atomic E-state index is 0.0147. The van der Waals surface area contributed by atoms with Gasteiger partial charge in [0.05, 0.1) is 5.54 Å². The van der Waals surface area contributed by atoms with E-state index in [1.807, 2.05) is 6.92 Å². The van der Waals surface area contributed by atoms with E-state index in [0.29, 0.717) is 13.2 Å². The second-order valence-electron chi connectivity index (χ2n) is 4.83. The van der Waals surface area contributed by atoms with Gasteiger partial charge in [-0.25, -0.2) is 0 Å². The van der Waals surface area contributed by atoms with Crippen LogP contribution in [0, 0.1) is 0 Å². The number of nitrogens with one attached hydrogen (secondary N) is 1. The Hall–Kier alpha value is -0.610. The standard InChI is InChI=1S/C12H24N2O2/c1-4-12(5-2,9-13)14-10(15)11(3)7-6-8-16-11/h4-9,13H2,1-3H3,(H,14,15). The Morgan fingerprint density at radius 2 is 2.12 bits per heavy atom. The van der Waals surface area contributed by atoms with Crippen LogP contribution < -0.4 is 11.1 Å². The SMILES string of the molecule is CCC(CC)(CN)NC(=O)C1(C)CCCO1. The number of hydrogen-bond donors (Lipinski definition) is 2. The zero-order valence-corrected chi connectivity index (χ0v) is 10.6. The van der Waals surface area contributed by atoms with Crippen molar-refractivity contribution in [2.75, 3.05) is 13.2 Å². The van der Waals surface area contributed by atoms with Crippen LogP contribution in [0.15, 0.2) is 0 Å². The van der Waals surface area contributed by atoms with Gasteiger partial charge in [-0.15, -0.1) is 0 Å². The summed E-state index contributed by atoms with van der Waals surface area (Å²) in [5.74, 6) is -0.0147. The maximum atomic E-state index is 12.2. The summed E-state index contributed by atoms with van der Waals surface area (Å²) in [6.45, 7) is 7.12. The topological polar surface area (TPSA) is 64.3 Å². The van der Waals surface area contributed by atoms with Crippen molar-refractivity contribution in [1.82, 2.24) is 5.32 Å². The third-order valence-corrected chi connectivity index (χ3v) is 3.82. The average molecular weight is 228 g/mol. The van der Waals surface area contributed by atoms with Crippen LogP contribution in [0.25, 0.3) is 0 Å². The summed E-state index contributed by atoms with van der Waals surface area (Å²) >= 11 is 0. The Kier molecular flexibility index (Phi) is 4.33. The molecule has 1 atom stereocenters. The molecule has 1 aliphatic heterocycles. The highest BCUT2D eigenvalue weighted by molar-refractivity contribution is 5.85. The summed E-state index contributed by atoms with van der Waals surface area (Å²) in [4.78, 5) is 12.2. The van der Waals surface area contributed by atoms with Gasteiger partial charge in [-0.2, -0.15) is 0 Å². The first-order chi connectivity index (χ1) is 7.52. The fourth-order valence-corrected chi connectivity index (χ4v) is 2.10. The molecule has 94 valence electrons. The zero-order chi connectivity index (χ0) is 12.2. The van der Waals surface area contributed by atoms with Gasteiger partial charge in [-0.1, -0.05) is 13.8 Å². The predicted molar refractivity (Wildman–Crippen MR) is 64.1 cm³/mol. The first-order valence-corrected chi connectivity index (χ1v) is 6.18. The first-order valence-electron chi connectivity index (χ1n) is 6.18. The van der Waals surface area contributed by atoms with Crippen molar-refractivity contribution in [2.45, 2.75) is 57.6 Å². The largest absolute Gasteiger partial charge is 0.365 e. The van der Waals surface area contributed by atoms with Crippen molar-refractivity contribution in [3.63, 3.8) is 0 Å². The van der Waals surface area contributed by atoms with Crippen molar-refractivity contribution in [3.05, 3.63) is 0 Å². The van der Waals surface area contributed by atoms with E-state index in [1.54, 1.807) is 0 Å². The lowest BCUT2D eigenvalue weighted by Gasteiger charge is -2.35. The number of carbonyl (C=O) groups excluding carboxylic acids is 1. The molecule has 1 fully saturated rings. The predicted octanol–water partition coefficient (Wildman–Crippen LogP) is 1.19. The molecule has 4 nitrogen and oxygen atoms in total. The Morgan fingerprint density at radius 1 is 1.50 bits per heavy atom. The van der Waals surface area contributed by atoms with Crippen LogP contribution in [0.5, 0.6) is 0 Å². The van der Waals surface area contributed by atoms with Crippen molar-refractivity contribution in [2.24, 2.45) is 5.73 Å². The lowest BCUT2D eigenvalue weighted by atomic mass is 9.91. The molecule has 3 N–H and O–H groups in total. The fourth-order valence-electron chi connectivity index (χ4n) is 2.10. The van der Waals surface area contributed by atoms with Gasteiger partial charge in [0, 0.05) is 13.2 Å². The molecule has 0 spiro atoms. The van der Waals surface area contributed by atoms with Crippen LogP contribution in [0.1, 0.15) is 46.5 Å². The van der Waals surface area contributed by atoms with Gasteiger partial charge in [0.1, 0.15) is 5.60 Å².